The lowest BCUT2D eigenvalue weighted by atomic mass is 11.8. The maximum Gasteiger partial charge on any atom is 0.180 e. The van der Waals surface area contributed by atoms with Crippen molar-refractivity contribution in [2.24, 2.45) is 0 Å². The normalized spacial score (nSPS) is 5.25. The Labute approximate surface area is 69.4 Å². The van der Waals surface area contributed by atoms with Crippen molar-refractivity contribution in [2.45, 2.75) is 4.30 Å². The van der Waals surface area contributed by atoms with Gasteiger partial charge in [0.05, 0.1) is 0 Å². The molecule has 0 aromatic rings. The van der Waals surface area contributed by atoms with Gasteiger partial charge in [-0.2, -0.15) is 0 Å². The first kappa shape index (κ1) is 23.0. The SMILES string of the molecule is CO.Cl.ClC(Cl)Cl.O. The minimum Gasteiger partial charge on any atom is -0.412 e. The molecule has 0 atom stereocenters. The molecule has 56 valence electrons. The van der Waals surface area contributed by atoms with Crippen LogP contribution in [-0.2, 0) is 0 Å². The van der Waals surface area contributed by atoms with E-state index in [0.717, 1.165) is 7.11 Å². The highest BCUT2D eigenvalue weighted by Crippen LogP contribution is 2.03. The molecule has 0 rings (SSSR count). The van der Waals surface area contributed by atoms with Gasteiger partial charge in [-0.25, -0.2) is 0 Å². The number of rotatable bonds is 0. The summed E-state index contributed by atoms with van der Waals surface area (Å²) in [5, 5.41) is 7.00. The molecule has 0 spiro atoms. The summed E-state index contributed by atoms with van der Waals surface area (Å²) in [6.45, 7) is 0. The van der Waals surface area contributed by atoms with Gasteiger partial charge in [-0.3, -0.25) is 0 Å². The molecular weight excluding hydrogens is 198 g/mol. The second-order valence-electron chi connectivity index (χ2n) is 0.247. The lowest BCUT2D eigenvalue weighted by molar-refractivity contribution is 0.399. The van der Waals surface area contributed by atoms with Gasteiger partial charge < -0.3 is 10.6 Å². The van der Waals surface area contributed by atoms with Crippen molar-refractivity contribution in [2.75, 3.05) is 7.11 Å². The smallest absolute Gasteiger partial charge is 0.180 e. The van der Waals surface area contributed by atoms with Gasteiger partial charge in [0.15, 0.2) is 4.30 Å². The molecule has 0 aliphatic carbocycles. The van der Waals surface area contributed by atoms with Crippen LogP contribution in [0.1, 0.15) is 0 Å². The molecule has 0 bridgehead atoms. The molecule has 0 saturated carbocycles. The summed E-state index contributed by atoms with van der Waals surface area (Å²) in [7, 11) is 1.00. The summed E-state index contributed by atoms with van der Waals surface area (Å²) in [5.41, 5.74) is 0. The van der Waals surface area contributed by atoms with E-state index in [2.05, 4.69) is 0 Å². The molecule has 0 saturated heterocycles. The molecule has 8 heavy (non-hydrogen) atoms. The molecule has 3 N–H and O–H groups in total. The van der Waals surface area contributed by atoms with Gasteiger partial charge in [-0.05, 0) is 0 Å². The highest BCUT2D eigenvalue weighted by molar-refractivity contribution is 6.63. The first-order chi connectivity index (χ1) is 2.73. The Bertz CT molecular complexity index is 16.8. The second-order valence-corrected chi connectivity index (χ2v) is 2.23. The van der Waals surface area contributed by atoms with Gasteiger partial charge in [0.2, 0.25) is 0 Å². The van der Waals surface area contributed by atoms with Crippen molar-refractivity contribution in [3.05, 3.63) is 0 Å². The number of halogens is 4. The highest BCUT2D eigenvalue weighted by Gasteiger charge is 1.78. The maximum absolute atomic E-state index is 7.00. The lowest BCUT2D eigenvalue weighted by Gasteiger charge is -1.69. The minimum absolute atomic E-state index is 0. The van der Waals surface area contributed by atoms with E-state index in [1.54, 1.807) is 0 Å². The largest absolute Gasteiger partial charge is 0.412 e. The van der Waals surface area contributed by atoms with Crippen molar-refractivity contribution in [1.82, 2.24) is 0 Å². The van der Waals surface area contributed by atoms with Gasteiger partial charge in [0.1, 0.15) is 0 Å². The summed E-state index contributed by atoms with van der Waals surface area (Å²) in [6.07, 6.45) is 0. The summed E-state index contributed by atoms with van der Waals surface area (Å²) < 4.78 is -0.750. The fourth-order valence-electron chi connectivity index (χ4n) is 0. The Balaban J connectivity index is -0.0000000183. The Morgan fingerprint density at radius 1 is 1.12 bits per heavy atom. The third-order valence-corrected chi connectivity index (χ3v) is 0. The molecule has 0 radical (unpaired) electrons. The van der Waals surface area contributed by atoms with Crippen LogP contribution in [0.25, 0.3) is 0 Å². The number of hydrogen-bond acceptors (Lipinski definition) is 1. The number of alkyl halides is 3. The Hall–Kier alpha value is 1.08. The average Bonchev–Trinajstić information content (AvgIpc) is 1.41. The molecule has 0 fully saturated rings. The standard InChI is InChI=1S/CHCl3.CH4O.ClH.H2O/c2-1(3)4;1-2;;/h1H;2H,1H3;1H;1H2. The van der Waals surface area contributed by atoms with Crippen molar-refractivity contribution in [3.8, 4) is 0 Å². The second kappa shape index (κ2) is 24.3. The topological polar surface area (TPSA) is 51.7 Å². The first-order valence-electron chi connectivity index (χ1n) is 1.10. The quantitative estimate of drug-likeness (QED) is 0.594. The summed E-state index contributed by atoms with van der Waals surface area (Å²) in [5.74, 6) is 0. The Morgan fingerprint density at radius 3 is 1.12 bits per heavy atom. The van der Waals surface area contributed by atoms with E-state index in [-0.39, 0.29) is 17.9 Å². The van der Waals surface area contributed by atoms with Crippen LogP contribution in [0, 0.1) is 0 Å². The van der Waals surface area contributed by atoms with Crippen molar-refractivity contribution in [3.63, 3.8) is 0 Å². The number of aliphatic hydroxyl groups is 1. The molecule has 0 aromatic heterocycles. The highest BCUT2D eigenvalue weighted by atomic mass is 35.6. The van der Waals surface area contributed by atoms with Crippen LogP contribution in [0.5, 0.6) is 0 Å². The third-order valence-electron chi connectivity index (χ3n) is 0. The summed E-state index contributed by atoms with van der Waals surface area (Å²) in [4.78, 5) is 0. The van der Waals surface area contributed by atoms with Gasteiger partial charge >= 0.3 is 0 Å². The molecule has 0 aromatic carbocycles. The zero-order valence-corrected chi connectivity index (χ0v) is 7.15. The summed E-state index contributed by atoms with van der Waals surface area (Å²) in [6, 6.07) is 0. The summed E-state index contributed by atoms with van der Waals surface area (Å²) >= 11 is 14.4. The van der Waals surface area contributed by atoms with Crippen LogP contribution in [0.4, 0.5) is 0 Å². The van der Waals surface area contributed by atoms with Crippen molar-refractivity contribution >= 4 is 47.2 Å². The first-order valence-corrected chi connectivity index (χ1v) is 2.41. The van der Waals surface area contributed by atoms with Crippen molar-refractivity contribution < 1.29 is 10.6 Å². The molecule has 0 heterocycles. The predicted octanol–water partition coefficient (Wildman–Crippen LogP) is 1.19. The van der Waals surface area contributed by atoms with Crippen LogP contribution in [0.3, 0.4) is 0 Å². The van der Waals surface area contributed by atoms with Crippen molar-refractivity contribution in [1.29, 1.82) is 0 Å². The average molecular weight is 206 g/mol. The van der Waals surface area contributed by atoms with Gasteiger partial charge in [0, 0.05) is 7.11 Å². The van der Waals surface area contributed by atoms with Gasteiger partial charge in [-0.15, -0.1) is 12.4 Å². The molecule has 6 heteroatoms. The van der Waals surface area contributed by atoms with E-state index in [9.17, 15) is 0 Å². The molecular formula is C2H8Cl4O2. The fourth-order valence-corrected chi connectivity index (χ4v) is 0. The molecule has 0 aliphatic heterocycles. The number of hydrogen-bond donors (Lipinski definition) is 1. The maximum atomic E-state index is 7.00. The Kier molecular flexibility index (Phi) is 69.9. The van der Waals surface area contributed by atoms with Crippen LogP contribution in [0.15, 0.2) is 0 Å². The monoisotopic (exact) mass is 204 g/mol. The Morgan fingerprint density at radius 2 is 1.12 bits per heavy atom. The van der Waals surface area contributed by atoms with Crippen LogP contribution < -0.4 is 0 Å². The molecule has 0 aliphatic rings. The van der Waals surface area contributed by atoms with E-state index >= 15 is 0 Å². The van der Waals surface area contributed by atoms with E-state index in [4.69, 9.17) is 39.9 Å². The van der Waals surface area contributed by atoms with Gasteiger partial charge in [-0.1, -0.05) is 34.8 Å². The van der Waals surface area contributed by atoms with E-state index in [0.29, 0.717) is 0 Å². The third kappa shape index (κ3) is 224. The zero-order valence-electron chi connectivity index (χ0n) is 4.07. The van der Waals surface area contributed by atoms with E-state index in [1.807, 2.05) is 0 Å². The van der Waals surface area contributed by atoms with Gasteiger partial charge in [0.25, 0.3) is 0 Å². The molecule has 2 nitrogen and oxygen atoms in total. The zero-order chi connectivity index (χ0) is 5.58. The molecule has 0 amide bonds. The predicted molar refractivity (Wildman–Crippen MR) is 40.4 cm³/mol. The fraction of sp³-hybridized carbons (Fsp3) is 1.00. The van der Waals surface area contributed by atoms with E-state index < -0.39 is 4.30 Å². The number of aliphatic hydroxyl groups excluding tert-OH is 1. The van der Waals surface area contributed by atoms with Crippen LogP contribution in [-0.4, -0.2) is 22.0 Å². The lowest BCUT2D eigenvalue weighted by Crippen LogP contribution is -1.55. The van der Waals surface area contributed by atoms with Crippen LogP contribution in [0.2, 0.25) is 0 Å². The molecule has 0 unspecified atom stereocenters. The minimum atomic E-state index is -0.750. The van der Waals surface area contributed by atoms with E-state index in [1.165, 1.54) is 0 Å². The van der Waals surface area contributed by atoms with Crippen LogP contribution >= 0.6 is 47.2 Å².